The van der Waals surface area contributed by atoms with Crippen LogP contribution < -0.4 is 5.32 Å². The van der Waals surface area contributed by atoms with E-state index in [2.05, 4.69) is 5.32 Å². The highest BCUT2D eigenvalue weighted by atomic mass is 19.3. The first kappa shape index (κ1) is 11.8. The maximum absolute atomic E-state index is 12.5. The Morgan fingerprint density at radius 3 is 2.17 bits per heavy atom. The Bertz CT molecular complexity index is 116. The number of alkyl halides is 2. The Balaban J connectivity index is 3.65. The predicted molar refractivity (Wildman–Crippen MR) is 44.4 cm³/mol. The molecule has 2 N–H and O–H groups in total. The van der Waals surface area contributed by atoms with Crippen molar-refractivity contribution < 1.29 is 13.9 Å². The van der Waals surface area contributed by atoms with Crippen LogP contribution in [0.4, 0.5) is 8.78 Å². The zero-order valence-electron chi connectivity index (χ0n) is 7.61. The summed E-state index contributed by atoms with van der Waals surface area (Å²) >= 11 is 0. The molecule has 0 saturated carbocycles. The fraction of sp³-hybridized carbons (Fsp3) is 1.00. The van der Waals surface area contributed by atoms with Crippen molar-refractivity contribution in [1.82, 2.24) is 5.32 Å². The number of halogens is 2. The monoisotopic (exact) mass is 181 g/mol. The zero-order chi connectivity index (χ0) is 9.61. The molecule has 0 aromatic heterocycles. The Kier molecular flexibility index (Phi) is 5.33. The molecule has 12 heavy (non-hydrogen) atoms. The Hall–Kier alpha value is -0.220. The van der Waals surface area contributed by atoms with Crippen molar-refractivity contribution in [2.75, 3.05) is 13.2 Å². The van der Waals surface area contributed by atoms with E-state index in [9.17, 15) is 8.78 Å². The van der Waals surface area contributed by atoms with Crippen molar-refractivity contribution in [1.29, 1.82) is 0 Å². The highest BCUT2D eigenvalue weighted by Crippen LogP contribution is 2.10. The fourth-order valence-corrected chi connectivity index (χ4v) is 0.927. The molecule has 0 radical (unpaired) electrons. The summed E-state index contributed by atoms with van der Waals surface area (Å²) in [7, 11) is 0. The van der Waals surface area contributed by atoms with Crippen molar-refractivity contribution in [2.45, 2.75) is 38.7 Å². The molecule has 0 fully saturated rings. The lowest BCUT2D eigenvalue weighted by molar-refractivity contribution is -0.0494. The van der Waals surface area contributed by atoms with Gasteiger partial charge < -0.3 is 10.4 Å². The minimum atomic E-state index is -2.98. The van der Waals surface area contributed by atoms with Crippen LogP contribution in [0.15, 0.2) is 0 Å². The normalized spacial score (nSPS) is 12.5. The van der Waals surface area contributed by atoms with Gasteiger partial charge in [-0.15, -0.1) is 0 Å². The zero-order valence-corrected chi connectivity index (χ0v) is 7.61. The molecule has 0 aromatic rings. The fourth-order valence-electron chi connectivity index (χ4n) is 0.927. The lowest BCUT2D eigenvalue weighted by Crippen LogP contribution is -2.40. The first-order valence-electron chi connectivity index (χ1n) is 4.27. The first-order chi connectivity index (χ1) is 5.55. The van der Waals surface area contributed by atoms with E-state index in [1.54, 1.807) is 0 Å². The molecule has 0 aliphatic heterocycles. The van der Waals surface area contributed by atoms with E-state index in [0.29, 0.717) is 0 Å². The van der Waals surface area contributed by atoms with E-state index in [1.807, 2.05) is 13.8 Å². The van der Waals surface area contributed by atoms with Gasteiger partial charge in [0.15, 0.2) is 0 Å². The van der Waals surface area contributed by atoms with Gasteiger partial charge >= 0.3 is 0 Å². The van der Waals surface area contributed by atoms with E-state index in [-0.39, 0.29) is 6.04 Å². The summed E-state index contributed by atoms with van der Waals surface area (Å²) in [4.78, 5) is 0. The number of aliphatic hydroxyl groups excluding tert-OH is 1. The van der Waals surface area contributed by atoms with Crippen molar-refractivity contribution in [2.24, 2.45) is 0 Å². The van der Waals surface area contributed by atoms with Gasteiger partial charge in [0.25, 0.3) is 5.92 Å². The number of aliphatic hydroxyl groups is 1. The molecule has 0 aromatic carbocycles. The number of hydrogen-bond acceptors (Lipinski definition) is 2. The molecular weight excluding hydrogens is 164 g/mol. The van der Waals surface area contributed by atoms with E-state index >= 15 is 0 Å². The van der Waals surface area contributed by atoms with Gasteiger partial charge in [-0.3, -0.25) is 0 Å². The third-order valence-electron chi connectivity index (χ3n) is 1.87. The van der Waals surface area contributed by atoms with Crippen molar-refractivity contribution in [3.05, 3.63) is 0 Å². The molecule has 4 heteroatoms. The quantitative estimate of drug-likeness (QED) is 0.649. The maximum Gasteiger partial charge on any atom is 0.282 e. The number of hydrogen-bond donors (Lipinski definition) is 2. The van der Waals surface area contributed by atoms with Crippen LogP contribution in [0.3, 0.4) is 0 Å². The summed E-state index contributed by atoms with van der Waals surface area (Å²) < 4.78 is 24.9. The van der Waals surface area contributed by atoms with E-state index < -0.39 is 19.1 Å². The third-order valence-corrected chi connectivity index (χ3v) is 1.87. The van der Waals surface area contributed by atoms with Crippen LogP contribution >= 0.6 is 0 Å². The topological polar surface area (TPSA) is 32.3 Å². The average molecular weight is 181 g/mol. The van der Waals surface area contributed by atoms with Crippen molar-refractivity contribution in [3.63, 3.8) is 0 Å². The molecular formula is C8H17F2NO. The van der Waals surface area contributed by atoms with Gasteiger partial charge in [0.05, 0.1) is 6.54 Å². The second-order valence-corrected chi connectivity index (χ2v) is 2.91. The van der Waals surface area contributed by atoms with E-state index in [0.717, 1.165) is 12.8 Å². The Morgan fingerprint density at radius 2 is 1.83 bits per heavy atom. The van der Waals surface area contributed by atoms with Crippen LogP contribution in [-0.2, 0) is 0 Å². The summed E-state index contributed by atoms with van der Waals surface area (Å²) in [6.07, 6.45) is 1.66. The standard InChI is InChI=1S/C8H17F2NO/c1-3-7(4-2)11-5-8(9,10)6-12/h7,11-12H,3-6H2,1-2H3. The van der Waals surface area contributed by atoms with Crippen LogP contribution in [0.5, 0.6) is 0 Å². The average Bonchev–Trinajstić information content (AvgIpc) is 2.06. The summed E-state index contributed by atoms with van der Waals surface area (Å²) in [6.45, 7) is 2.37. The van der Waals surface area contributed by atoms with Gasteiger partial charge in [0, 0.05) is 6.04 Å². The molecule has 0 bridgehead atoms. The van der Waals surface area contributed by atoms with Gasteiger partial charge in [-0.2, -0.15) is 0 Å². The second-order valence-electron chi connectivity index (χ2n) is 2.91. The van der Waals surface area contributed by atoms with Gasteiger partial charge in [-0.1, -0.05) is 13.8 Å². The lowest BCUT2D eigenvalue weighted by Gasteiger charge is -2.19. The Labute approximate surface area is 72.0 Å². The van der Waals surface area contributed by atoms with E-state index in [4.69, 9.17) is 5.11 Å². The van der Waals surface area contributed by atoms with Crippen molar-refractivity contribution >= 4 is 0 Å². The van der Waals surface area contributed by atoms with Crippen LogP contribution in [0.1, 0.15) is 26.7 Å². The Morgan fingerprint density at radius 1 is 1.33 bits per heavy atom. The largest absolute Gasteiger partial charge is 0.390 e. The number of nitrogens with one attached hydrogen (secondary N) is 1. The molecule has 0 saturated heterocycles. The molecule has 0 heterocycles. The van der Waals surface area contributed by atoms with E-state index in [1.165, 1.54) is 0 Å². The van der Waals surface area contributed by atoms with Gasteiger partial charge in [-0.05, 0) is 12.8 Å². The molecule has 0 amide bonds. The summed E-state index contributed by atoms with van der Waals surface area (Å²) in [5.41, 5.74) is 0. The van der Waals surface area contributed by atoms with Crippen LogP contribution in [0.2, 0.25) is 0 Å². The molecule has 2 nitrogen and oxygen atoms in total. The summed E-state index contributed by atoms with van der Waals surface area (Å²) in [5.74, 6) is -2.98. The molecule has 0 rings (SSSR count). The molecule has 0 atom stereocenters. The lowest BCUT2D eigenvalue weighted by atomic mass is 10.1. The smallest absolute Gasteiger partial charge is 0.282 e. The van der Waals surface area contributed by atoms with Crippen LogP contribution in [0.25, 0.3) is 0 Å². The van der Waals surface area contributed by atoms with Crippen LogP contribution in [0, 0.1) is 0 Å². The molecule has 0 spiro atoms. The minimum Gasteiger partial charge on any atom is -0.390 e. The molecule has 0 aliphatic carbocycles. The second kappa shape index (κ2) is 5.43. The molecule has 0 unspecified atom stereocenters. The van der Waals surface area contributed by atoms with Gasteiger partial charge in [0.2, 0.25) is 0 Å². The highest BCUT2D eigenvalue weighted by molar-refractivity contribution is 4.71. The highest BCUT2D eigenvalue weighted by Gasteiger charge is 2.27. The first-order valence-corrected chi connectivity index (χ1v) is 4.27. The molecule has 0 aliphatic rings. The number of rotatable bonds is 6. The SMILES string of the molecule is CCC(CC)NCC(F)(F)CO. The van der Waals surface area contributed by atoms with Crippen LogP contribution in [-0.4, -0.2) is 30.2 Å². The summed E-state index contributed by atoms with van der Waals surface area (Å²) in [5, 5.41) is 11.0. The van der Waals surface area contributed by atoms with Gasteiger partial charge in [-0.25, -0.2) is 8.78 Å². The van der Waals surface area contributed by atoms with Crippen molar-refractivity contribution in [3.8, 4) is 0 Å². The maximum atomic E-state index is 12.5. The minimum absolute atomic E-state index is 0.127. The van der Waals surface area contributed by atoms with Gasteiger partial charge in [0.1, 0.15) is 6.61 Å². The third kappa shape index (κ3) is 4.62. The summed E-state index contributed by atoms with van der Waals surface area (Å²) in [6, 6.07) is 0.127. The predicted octanol–water partition coefficient (Wildman–Crippen LogP) is 1.39. The molecule has 74 valence electrons.